The highest BCUT2D eigenvalue weighted by molar-refractivity contribution is 7.85. The number of hydrogen-bond donors (Lipinski definition) is 1. The maximum Gasteiger partial charge on any atom is 0.119 e. The van der Waals surface area contributed by atoms with Crippen molar-refractivity contribution in [1.29, 1.82) is 0 Å². The minimum atomic E-state index is -0.926. The van der Waals surface area contributed by atoms with Gasteiger partial charge in [-0.3, -0.25) is 4.21 Å². The van der Waals surface area contributed by atoms with Gasteiger partial charge in [-0.25, -0.2) is 0 Å². The molecular formula is C11H15NO2S. The molecule has 1 aromatic carbocycles. The summed E-state index contributed by atoms with van der Waals surface area (Å²) in [5, 5.41) is 0.140. The molecule has 2 rings (SSSR count). The van der Waals surface area contributed by atoms with E-state index in [-0.39, 0.29) is 11.3 Å². The van der Waals surface area contributed by atoms with Crippen LogP contribution >= 0.6 is 0 Å². The first-order valence-corrected chi connectivity index (χ1v) is 6.19. The third-order valence-electron chi connectivity index (χ3n) is 2.78. The van der Waals surface area contributed by atoms with Crippen LogP contribution in [-0.2, 0) is 10.8 Å². The van der Waals surface area contributed by atoms with Gasteiger partial charge in [0.15, 0.2) is 0 Å². The topological polar surface area (TPSA) is 52.3 Å². The van der Waals surface area contributed by atoms with Gasteiger partial charge in [0.1, 0.15) is 5.75 Å². The van der Waals surface area contributed by atoms with Crippen LogP contribution in [0, 0.1) is 0 Å². The predicted molar refractivity (Wildman–Crippen MR) is 60.4 cm³/mol. The second kappa shape index (κ2) is 3.94. The zero-order chi connectivity index (χ0) is 11.0. The number of hydrogen-bond acceptors (Lipinski definition) is 3. The first-order chi connectivity index (χ1) is 7.13. The second-order valence-electron chi connectivity index (χ2n) is 3.85. The molecule has 3 nitrogen and oxygen atoms in total. The molecule has 1 aromatic rings. The third kappa shape index (κ3) is 1.79. The van der Waals surface area contributed by atoms with Gasteiger partial charge >= 0.3 is 0 Å². The quantitative estimate of drug-likeness (QED) is 0.789. The lowest BCUT2D eigenvalue weighted by Gasteiger charge is -2.26. The summed E-state index contributed by atoms with van der Waals surface area (Å²) in [6, 6.07) is 5.56. The second-order valence-corrected chi connectivity index (χ2v) is 5.69. The van der Waals surface area contributed by atoms with Crippen LogP contribution in [0.25, 0.3) is 0 Å². The van der Waals surface area contributed by atoms with Crippen LogP contribution in [-0.4, -0.2) is 16.6 Å². The summed E-state index contributed by atoms with van der Waals surface area (Å²) in [5.74, 6) is 0.774. The van der Waals surface area contributed by atoms with Crippen molar-refractivity contribution < 1.29 is 8.95 Å². The number of benzene rings is 1. The third-order valence-corrected chi connectivity index (χ3v) is 4.51. The summed E-state index contributed by atoms with van der Waals surface area (Å²) >= 11 is 0. The zero-order valence-corrected chi connectivity index (χ0v) is 9.71. The summed E-state index contributed by atoms with van der Waals surface area (Å²) in [7, 11) is 0.694. The molecular weight excluding hydrogens is 210 g/mol. The van der Waals surface area contributed by atoms with Crippen molar-refractivity contribution in [2.45, 2.75) is 29.5 Å². The van der Waals surface area contributed by atoms with Crippen molar-refractivity contribution >= 4 is 10.8 Å². The van der Waals surface area contributed by atoms with Gasteiger partial charge in [0.25, 0.3) is 0 Å². The normalized spacial score (nSPS) is 29.7. The molecule has 4 heteroatoms. The van der Waals surface area contributed by atoms with E-state index in [1.165, 1.54) is 0 Å². The highest BCUT2D eigenvalue weighted by atomic mass is 32.2. The Bertz CT molecular complexity index is 406. The molecule has 3 unspecified atom stereocenters. The van der Waals surface area contributed by atoms with Gasteiger partial charge in [0.05, 0.1) is 17.9 Å². The maximum absolute atomic E-state index is 12.0. The molecule has 0 aromatic heterocycles. The molecule has 0 fully saturated rings. The van der Waals surface area contributed by atoms with Gasteiger partial charge in [-0.2, -0.15) is 0 Å². The van der Waals surface area contributed by atoms with E-state index in [4.69, 9.17) is 10.5 Å². The van der Waals surface area contributed by atoms with Gasteiger partial charge < -0.3 is 10.5 Å². The molecule has 0 amide bonds. The van der Waals surface area contributed by atoms with Crippen molar-refractivity contribution in [3.05, 3.63) is 23.8 Å². The molecule has 0 saturated heterocycles. The van der Waals surface area contributed by atoms with Crippen molar-refractivity contribution in [3.63, 3.8) is 0 Å². The smallest absolute Gasteiger partial charge is 0.119 e. The lowest BCUT2D eigenvalue weighted by Crippen LogP contribution is -2.27. The highest BCUT2D eigenvalue weighted by Crippen LogP contribution is 2.34. The van der Waals surface area contributed by atoms with Crippen LogP contribution in [0.3, 0.4) is 0 Å². The number of methoxy groups -OCH3 is 1. The fourth-order valence-electron chi connectivity index (χ4n) is 1.92. The van der Waals surface area contributed by atoms with E-state index in [9.17, 15) is 4.21 Å². The van der Waals surface area contributed by atoms with E-state index in [2.05, 4.69) is 0 Å². The Kier molecular flexibility index (Phi) is 2.80. The van der Waals surface area contributed by atoms with E-state index >= 15 is 0 Å². The fourth-order valence-corrected chi connectivity index (χ4v) is 3.38. The average Bonchev–Trinajstić information content (AvgIpc) is 2.25. The van der Waals surface area contributed by atoms with Crippen molar-refractivity contribution in [1.82, 2.24) is 0 Å². The first kappa shape index (κ1) is 10.6. The number of rotatable bonds is 1. The molecule has 0 aliphatic carbocycles. The number of nitrogens with two attached hydrogens (primary N) is 1. The summed E-state index contributed by atoms with van der Waals surface area (Å²) < 4.78 is 17.1. The minimum Gasteiger partial charge on any atom is -0.497 e. The van der Waals surface area contributed by atoms with E-state index in [1.807, 2.05) is 25.1 Å². The summed E-state index contributed by atoms with van der Waals surface area (Å²) in [5.41, 5.74) is 7.00. The molecule has 3 atom stereocenters. The maximum atomic E-state index is 12.0. The Morgan fingerprint density at radius 1 is 1.53 bits per heavy atom. The molecule has 0 radical (unpaired) electrons. The van der Waals surface area contributed by atoms with Crippen LogP contribution in [0.5, 0.6) is 5.75 Å². The number of ether oxygens (including phenoxy) is 1. The van der Waals surface area contributed by atoms with E-state index in [0.717, 1.165) is 22.6 Å². The van der Waals surface area contributed by atoms with Gasteiger partial charge in [-0.1, -0.05) is 6.92 Å². The van der Waals surface area contributed by atoms with Crippen LogP contribution in [0.15, 0.2) is 23.1 Å². The van der Waals surface area contributed by atoms with Crippen LogP contribution in [0.2, 0.25) is 0 Å². The standard InChI is InChI=1S/C11H15NO2S/c1-7-5-10(12)9-6-8(14-2)3-4-11(9)15(7)13/h3-4,6-7,10H,5,12H2,1-2H3. The van der Waals surface area contributed by atoms with E-state index < -0.39 is 10.8 Å². The Morgan fingerprint density at radius 3 is 2.93 bits per heavy atom. The molecule has 2 N–H and O–H groups in total. The lowest BCUT2D eigenvalue weighted by molar-refractivity contribution is 0.412. The summed E-state index contributed by atoms with van der Waals surface area (Å²) in [6.07, 6.45) is 0.771. The van der Waals surface area contributed by atoms with Crippen LogP contribution in [0.4, 0.5) is 0 Å². The van der Waals surface area contributed by atoms with Gasteiger partial charge in [-0.05, 0) is 30.2 Å². The Labute approximate surface area is 92.1 Å². The predicted octanol–water partition coefficient (Wildman–Crippen LogP) is 1.59. The van der Waals surface area contributed by atoms with Crippen LogP contribution < -0.4 is 10.5 Å². The van der Waals surface area contributed by atoms with Gasteiger partial charge in [0.2, 0.25) is 0 Å². The first-order valence-electron chi connectivity index (χ1n) is 4.97. The van der Waals surface area contributed by atoms with Gasteiger partial charge in [0, 0.05) is 16.2 Å². The molecule has 0 saturated carbocycles. The van der Waals surface area contributed by atoms with Crippen LogP contribution in [0.1, 0.15) is 24.9 Å². The SMILES string of the molecule is COc1ccc2c(c1)C(N)CC(C)S2=O. The molecule has 0 bridgehead atoms. The zero-order valence-electron chi connectivity index (χ0n) is 8.90. The monoisotopic (exact) mass is 225 g/mol. The Morgan fingerprint density at radius 2 is 2.27 bits per heavy atom. The summed E-state index contributed by atoms with van der Waals surface area (Å²) in [6.45, 7) is 1.98. The fraction of sp³-hybridized carbons (Fsp3) is 0.455. The van der Waals surface area contributed by atoms with Gasteiger partial charge in [-0.15, -0.1) is 0 Å². The number of fused-ring (bicyclic) bond motifs is 1. The summed E-state index contributed by atoms with van der Waals surface area (Å²) in [4.78, 5) is 0.863. The molecule has 1 heterocycles. The largest absolute Gasteiger partial charge is 0.497 e. The molecule has 15 heavy (non-hydrogen) atoms. The molecule has 1 aliphatic rings. The van der Waals surface area contributed by atoms with Crippen molar-refractivity contribution in [3.8, 4) is 5.75 Å². The average molecular weight is 225 g/mol. The molecule has 0 spiro atoms. The van der Waals surface area contributed by atoms with Crippen molar-refractivity contribution in [2.75, 3.05) is 7.11 Å². The minimum absolute atomic E-state index is 0.0252. The molecule has 1 aliphatic heterocycles. The van der Waals surface area contributed by atoms with Crippen molar-refractivity contribution in [2.24, 2.45) is 5.73 Å². The highest BCUT2D eigenvalue weighted by Gasteiger charge is 2.28. The van der Waals surface area contributed by atoms with E-state index in [0.29, 0.717) is 0 Å². The Balaban J connectivity index is 2.51. The Hall–Kier alpha value is -0.870. The van der Waals surface area contributed by atoms with E-state index in [1.54, 1.807) is 7.11 Å². The molecule has 82 valence electrons. The lowest BCUT2D eigenvalue weighted by atomic mass is 10.0.